The Morgan fingerprint density at radius 3 is 1.77 bits per heavy atom. The van der Waals surface area contributed by atoms with Crippen LogP contribution in [-0.4, -0.2) is 19.5 Å². The van der Waals surface area contributed by atoms with Gasteiger partial charge in [0.05, 0.1) is 43.9 Å². The molecule has 0 bridgehead atoms. The minimum Gasteiger partial charge on any atom is -0.277 e. The van der Waals surface area contributed by atoms with E-state index in [9.17, 15) is 5.48 Å². The van der Waals surface area contributed by atoms with Gasteiger partial charge in [-0.3, -0.25) is 4.57 Å². The minimum absolute atomic E-state index is 0.0817. The molecule has 0 unspecified atom stereocenters. The molecule has 3 heterocycles. The van der Waals surface area contributed by atoms with Crippen molar-refractivity contribution in [1.82, 2.24) is 19.5 Å². The molecule has 44 heavy (non-hydrogen) atoms. The summed E-state index contributed by atoms with van der Waals surface area (Å²) in [4.78, 5) is 13.3. The number of benzene rings is 6. The van der Waals surface area contributed by atoms with Crippen LogP contribution in [0.5, 0.6) is 0 Å². The molecule has 0 aliphatic rings. The Kier molecular flexibility index (Phi) is 2.45. The predicted molar refractivity (Wildman–Crippen MR) is 183 cm³/mol. The number of aromatic nitrogens is 4. The van der Waals surface area contributed by atoms with Crippen molar-refractivity contribution in [3.8, 4) is 39.9 Å². The first-order valence-electron chi connectivity index (χ1n) is 24.7. The molecule has 0 amide bonds. The minimum atomic E-state index is -0.976. The summed E-state index contributed by atoms with van der Waals surface area (Å²) >= 11 is 0.715. The summed E-state index contributed by atoms with van der Waals surface area (Å²) in [6.45, 7) is 0. The van der Waals surface area contributed by atoms with E-state index in [0.29, 0.717) is 11.3 Å². The molecule has 0 saturated carbocycles. The van der Waals surface area contributed by atoms with Gasteiger partial charge in [-0.2, -0.15) is 9.97 Å². The molecule has 0 N–H and O–H groups in total. The van der Waals surface area contributed by atoms with E-state index in [4.69, 9.17) is 27.4 Å². The van der Waals surface area contributed by atoms with Gasteiger partial charge in [0.1, 0.15) is 0 Å². The fraction of sp³-hybridized carbons (Fsp3) is 0. The summed E-state index contributed by atoms with van der Waals surface area (Å²) in [6, 6.07) is -19.2. The van der Waals surface area contributed by atoms with Crippen LogP contribution in [0.15, 0.2) is 145 Å². The summed E-state index contributed by atoms with van der Waals surface area (Å²) < 4.78 is 210. The molecule has 0 saturated heterocycles. The van der Waals surface area contributed by atoms with Crippen molar-refractivity contribution < 1.29 is 32.9 Å². The molecule has 3 aromatic heterocycles. The van der Waals surface area contributed by atoms with Crippen molar-refractivity contribution in [2.45, 2.75) is 0 Å². The third-order valence-corrected chi connectivity index (χ3v) is 7.64. The summed E-state index contributed by atoms with van der Waals surface area (Å²) in [5.74, 6) is -2.39. The smallest absolute Gasteiger partial charge is 0.238 e. The molecule has 206 valence electrons. The number of rotatable bonds is 4. The highest BCUT2D eigenvalue weighted by Gasteiger charge is 2.21. The van der Waals surface area contributed by atoms with Gasteiger partial charge in [-0.25, -0.2) is 4.98 Å². The van der Waals surface area contributed by atoms with Gasteiger partial charge in [-0.15, -0.1) is 11.3 Å². The molecule has 0 aliphatic heterocycles. The fourth-order valence-electron chi connectivity index (χ4n) is 4.78. The van der Waals surface area contributed by atoms with Crippen LogP contribution in [0.4, 0.5) is 0 Å². The van der Waals surface area contributed by atoms with Gasteiger partial charge in [-0.1, -0.05) is 127 Å². The molecule has 9 rings (SSSR count). The fourth-order valence-corrected chi connectivity index (χ4v) is 5.75. The Labute approximate surface area is 291 Å². The SMILES string of the molecule is [2H]c1c([2H])c([2H])c(-c2nc(-c3c([2H])c([2H])c(-c4c([2H])c([2H])c([2H])c([2H])c4[2H])c([2H])c3[2H])nc(-n3c4c([2H])c([2H])c([2H])c([2H])c4c4c([2H])c([2H])c5sc6c([2H])c([2H])c([2H])c([2H])c6c5c43)n2)c([2H])c1[2H]. The highest BCUT2D eigenvalue weighted by atomic mass is 32.1. The Morgan fingerprint density at radius 1 is 0.455 bits per heavy atom. The van der Waals surface area contributed by atoms with E-state index in [2.05, 4.69) is 15.0 Å². The van der Waals surface area contributed by atoms with Gasteiger partial charge in [0.15, 0.2) is 11.6 Å². The van der Waals surface area contributed by atoms with Crippen molar-refractivity contribution in [3.63, 3.8) is 0 Å². The van der Waals surface area contributed by atoms with E-state index in [1.165, 1.54) is 0 Å². The summed E-state index contributed by atoms with van der Waals surface area (Å²) in [5, 5.41) is -1.11. The maximum absolute atomic E-state index is 9.30. The highest BCUT2D eigenvalue weighted by molar-refractivity contribution is 7.26. The zero-order chi connectivity index (χ0) is 49.9. The lowest BCUT2D eigenvalue weighted by Gasteiger charge is -2.12. The van der Waals surface area contributed by atoms with Crippen LogP contribution in [0.25, 0.3) is 81.8 Å². The Balaban J connectivity index is 1.54. The Hall–Kier alpha value is -5.65. The highest BCUT2D eigenvalue weighted by Crippen LogP contribution is 2.42. The largest absolute Gasteiger partial charge is 0.277 e. The monoisotopic (exact) mass is 604 g/mol. The standard InChI is InChI=1S/C39H24N4S/c1-3-11-25(12-4-1)26-19-21-28(22-20-26)38-40-37(27-13-5-2-6-14-27)41-39(42-38)43-32-17-9-7-15-29(32)30-23-24-34-35(36(30)43)31-16-8-10-18-33(31)44-34/h1-24H/i1D,2D,3D,4D,5D,6D,7D,8D,9D,10D,11D,12D,13D,14D,15D,16D,17D,18D,19D,20D,21D,22D,23D,24D. The van der Waals surface area contributed by atoms with Gasteiger partial charge in [0.2, 0.25) is 5.95 Å². The van der Waals surface area contributed by atoms with E-state index in [1.807, 2.05) is 0 Å². The average Bonchev–Trinajstić information content (AvgIpc) is 3.89. The lowest BCUT2D eigenvalue weighted by atomic mass is 10.0. The van der Waals surface area contributed by atoms with Gasteiger partial charge in [0, 0.05) is 42.1 Å². The molecular weight excluding hydrogens is 557 g/mol. The van der Waals surface area contributed by atoms with Crippen LogP contribution in [-0.2, 0) is 0 Å². The first-order chi connectivity index (χ1) is 31.8. The quantitative estimate of drug-likeness (QED) is 0.201. The topological polar surface area (TPSA) is 43.6 Å². The summed E-state index contributed by atoms with van der Waals surface area (Å²) in [5.41, 5.74) is -3.69. The zero-order valence-corrected chi connectivity index (χ0v) is 22.5. The second-order valence-corrected chi connectivity index (χ2v) is 10.1. The molecule has 0 aliphatic carbocycles. The van der Waals surface area contributed by atoms with E-state index in [-0.39, 0.29) is 31.1 Å². The third-order valence-electron chi connectivity index (χ3n) is 6.62. The first-order valence-corrected chi connectivity index (χ1v) is 13.5. The number of fused-ring (bicyclic) bond motifs is 7. The molecule has 0 radical (unpaired) electrons. The van der Waals surface area contributed by atoms with E-state index < -0.39 is 196 Å². The van der Waals surface area contributed by atoms with Gasteiger partial charge >= 0.3 is 0 Å². The average molecular weight is 605 g/mol. The van der Waals surface area contributed by atoms with Crippen molar-refractivity contribution in [1.29, 1.82) is 0 Å². The number of hydrogen-bond acceptors (Lipinski definition) is 4. The summed E-state index contributed by atoms with van der Waals surface area (Å²) in [6.07, 6.45) is 0. The van der Waals surface area contributed by atoms with Crippen molar-refractivity contribution in [2.75, 3.05) is 0 Å². The molecule has 5 heteroatoms. The van der Waals surface area contributed by atoms with E-state index >= 15 is 0 Å². The maximum atomic E-state index is 9.30. The van der Waals surface area contributed by atoms with Gasteiger partial charge < -0.3 is 0 Å². The number of para-hydroxylation sites is 1. The second kappa shape index (κ2) is 9.97. The van der Waals surface area contributed by atoms with Crippen molar-refractivity contribution in [3.05, 3.63) is 145 Å². The van der Waals surface area contributed by atoms with E-state index in [1.54, 1.807) is 0 Å². The van der Waals surface area contributed by atoms with Crippen LogP contribution in [0.1, 0.15) is 32.9 Å². The van der Waals surface area contributed by atoms with E-state index in [0.717, 1.165) is 4.57 Å². The number of hydrogen-bond donors (Lipinski definition) is 0. The molecule has 4 nitrogen and oxygen atoms in total. The summed E-state index contributed by atoms with van der Waals surface area (Å²) in [7, 11) is 0. The molecule has 0 fully saturated rings. The van der Waals surface area contributed by atoms with Crippen LogP contribution in [0.2, 0.25) is 0 Å². The molecule has 0 spiro atoms. The van der Waals surface area contributed by atoms with Gasteiger partial charge in [-0.05, 0) is 29.3 Å². The zero-order valence-electron chi connectivity index (χ0n) is 45.7. The number of thiophene rings is 1. The second-order valence-electron chi connectivity index (χ2n) is 9.08. The molecule has 9 aromatic rings. The number of nitrogens with zero attached hydrogens (tertiary/aromatic N) is 4. The van der Waals surface area contributed by atoms with Crippen LogP contribution < -0.4 is 0 Å². The van der Waals surface area contributed by atoms with Crippen molar-refractivity contribution >= 4 is 53.3 Å². The van der Waals surface area contributed by atoms with Crippen LogP contribution >= 0.6 is 11.3 Å². The molecular formula is C39H24N4S. The van der Waals surface area contributed by atoms with Crippen molar-refractivity contribution in [2.24, 2.45) is 0 Å². The first kappa shape index (κ1) is 10.8. The van der Waals surface area contributed by atoms with Crippen LogP contribution in [0, 0.1) is 0 Å². The molecule has 6 aromatic carbocycles. The van der Waals surface area contributed by atoms with Gasteiger partial charge in [0.25, 0.3) is 0 Å². The molecule has 0 atom stereocenters. The lowest BCUT2D eigenvalue weighted by molar-refractivity contribution is 0.955. The predicted octanol–water partition coefficient (Wildman–Crippen LogP) is 10.3. The Bertz CT molecular complexity index is 3780. The lowest BCUT2D eigenvalue weighted by Crippen LogP contribution is -2.06. The van der Waals surface area contributed by atoms with Crippen LogP contribution in [0.3, 0.4) is 0 Å². The Morgan fingerprint density at radius 2 is 1.02 bits per heavy atom. The normalized spacial score (nSPS) is 19.3. The third kappa shape index (κ3) is 3.94. The maximum Gasteiger partial charge on any atom is 0.238 e.